The number of imidazole rings is 1. The fourth-order valence-electron chi connectivity index (χ4n) is 2.34. The lowest BCUT2D eigenvalue weighted by molar-refractivity contribution is 0.0924. The molecule has 0 saturated carbocycles. The zero-order chi connectivity index (χ0) is 16.8. The number of nitrogens with zero attached hydrogens (tertiary/aromatic N) is 2. The van der Waals surface area contributed by atoms with E-state index in [0.717, 1.165) is 0 Å². The third kappa shape index (κ3) is 4.08. The molecular weight excluding hydrogens is 304 g/mol. The van der Waals surface area contributed by atoms with Crippen LogP contribution in [0.2, 0.25) is 0 Å². The predicted octanol–water partition coefficient (Wildman–Crippen LogP) is 2.55. The van der Waals surface area contributed by atoms with E-state index in [-0.39, 0.29) is 12.4 Å². The molecule has 1 N–H and O–H groups in total. The maximum atomic E-state index is 12.3. The molecule has 122 valence electrons. The molecule has 5 nitrogen and oxygen atoms in total. The van der Waals surface area contributed by atoms with E-state index in [4.69, 9.17) is 4.74 Å². The lowest BCUT2D eigenvalue weighted by Gasteiger charge is -2.13. The van der Waals surface area contributed by atoms with Gasteiger partial charge < -0.3 is 14.4 Å². The molecule has 0 aliphatic heterocycles. The van der Waals surface area contributed by atoms with Crippen molar-refractivity contribution in [2.75, 3.05) is 6.61 Å². The molecular formula is C19H18N2O3. The minimum Gasteiger partial charge on any atom is -0.491 e. The smallest absolute Gasteiger partial charge is 0.193 e. The van der Waals surface area contributed by atoms with Crippen molar-refractivity contribution in [3.63, 3.8) is 0 Å². The van der Waals surface area contributed by atoms with Gasteiger partial charge in [-0.25, -0.2) is 4.98 Å². The summed E-state index contributed by atoms with van der Waals surface area (Å²) in [6, 6.07) is 16.1. The number of hydrogen-bond acceptors (Lipinski definition) is 4. The fourth-order valence-corrected chi connectivity index (χ4v) is 2.34. The monoisotopic (exact) mass is 322 g/mol. The topological polar surface area (TPSA) is 64.3 Å². The normalized spacial score (nSPS) is 11.9. The highest BCUT2D eigenvalue weighted by atomic mass is 16.5. The molecule has 0 radical (unpaired) electrons. The SMILES string of the molecule is O=C(c1ccccc1)c1ccc(OC[C@H](O)Cn2ccnc2)cc1. The third-order valence-electron chi connectivity index (χ3n) is 3.58. The van der Waals surface area contributed by atoms with Gasteiger partial charge >= 0.3 is 0 Å². The Morgan fingerprint density at radius 3 is 2.46 bits per heavy atom. The van der Waals surface area contributed by atoms with Gasteiger partial charge in [-0.2, -0.15) is 0 Å². The highest BCUT2D eigenvalue weighted by Gasteiger charge is 2.09. The van der Waals surface area contributed by atoms with Crippen LogP contribution in [-0.4, -0.2) is 33.2 Å². The van der Waals surface area contributed by atoms with Crippen molar-refractivity contribution in [3.8, 4) is 5.75 Å². The maximum Gasteiger partial charge on any atom is 0.193 e. The number of aromatic nitrogens is 2. The second-order valence-corrected chi connectivity index (χ2v) is 5.44. The Kier molecular flexibility index (Phi) is 5.03. The summed E-state index contributed by atoms with van der Waals surface area (Å²) in [5.74, 6) is 0.589. The second kappa shape index (κ2) is 7.57. The molecule has 1 heterocycles. The Morgan fingerprint density at radius 1 is 1.08 bits per heavy atom. The molecule has 0 bridgehead atoms. The highest BCUT2D eigenvalue weighted by molar-refractivity contribution is 6.08. The van der Waals surface area contributed by atoms with Gasteiger partial charge in [-0.1, -0.05) is 30.3 Å². The summed E-state index contributed by atoms with van der Waals surface area (Å²) in [6.45, 7) is 0.592. The van der Waals surface area contributed by atoms with Crippen molar-refractivity contribution < 1.29 is 14.6 Å². The van der Waals surface area contributed by atoms with Crippen LogP contribution in [-0.2, 0) is 6.54 Å². The Hall–Kier alpha value is -2.92. The van der Waals surface area contributed by atoms with E-state index in [1.165, 1.54) is 0 Å². The van der Waals surface area contributed by atoms with Crippen molar-refractivity contribution in [2.45, 2.75) is 12.6 Å². The van der Waals surface area contributed by atoms with Crippen LogP contribution < -0.4 is 4.74 Å². The van der Waals surface area contributed by atoms with E-state index < -0.39 is 6.10 Å². The van der Waals surface area contributed by atoms with Crippen LogP contribution in [0.5, 0.6) is 5.75 Å². The van der Waals surface area contributed by atoms with Gasteiger partial charge in [0.1, 0.15) is 18.5 Å². The van der Waals surface area contributed by atoms with Gasteiger partial charge in [0.25, 0.3) is 0 Å². The van der Waals surface area contributed by atoms with Crippen molar-refractivity contribution in [1.82, 2.24) is 9.55 Å². The summed E-state index contributed by atoms with van der Waals surface area (Å²) in [5, 5.41) is 9.95. The summed E-state index contributed by atoms with van der Waals surface area (Å²) < 4.78 is 7.35. The number of hydrogen-bond donors (Lipinski definition) is 1. The zero-order valence-corrected chi connectivity index (χ0v) is 13.1. The number of aliphatic hydroxyl groups is 1. The number of benzene rings is 2. The highest BCUT2D eigenvalue weighted by Crippen LogP contribution is 2.15. The predicted molar refractivity (Wildman–Crippen MR) is 90.0 cm³/mol. The van der Waals surface area contributed by atoms with E-state index >= 15 is 0 Å². The molecule has 0 saturated heterocycles. The summed E-state index contributed by atoms with van der Waals surface area (Å²) in [7, 11) is 0. The van der Waals surface area contributed by atoms with Crippen molar-refractivity contribution >= 4 is 5.78 Å². The number of carbonyl (C=O) groups is 1. The first kappa shape index (κ1) is 16.0. The molecule has 0 unspecified atom stereocenters. The first-order valence-electron chi connectivity index (χ1n) is 7.69. The van der Waals surface area contributed by atoms with Crippen LogP contribution in [0, 0.1) is 0 Å². The summed E-state index contributed by atoms with van der Waals surface area (Å²) in [4.78, 5) is 16.2. The number of carbonyl (C=O) groups excluding carboxylic acids is 1. The van der Waals surface area contributed by atoms with Gasteiger partial charge in [0.2, 0.25) is 0 Å². The number of ether oxygens (including phenoxy) is 1. The molecule has 2 aromatic carbocycles. The molecule has 0 aliphatic carbocycles. The van der Waals surface area contributed by atoms with Crippen LogP contribution in [0.15, 0.2) is 73.3 Å². The molecule has 0 amide bonds. The third-order valence-corrected chi connectivity index (χ3v) is 3.58. The Morgan fingerprint density at radius 2 is 1.79 bits per heavy atom. The van der Waals surface area contributed by atoms with E-state index in [9.17, 15) is 9.90 Å². The van der Waals surface area contributed by atoms with Gasteiger partial charge in [0.15, 0.2) is 5.78 Å². The molecule has 1 aromatic heterocycles. The van der Waals surface area contributed by atoms with Crippen molar-refractivity contribution in [1.29, 1.82) is 0 Å². The van der Waals surface area contributed by atoms with Gasteiger partial charge in [0.05, 0.1) is 12.9 Å². The van der Waals surface area contributed by atoms with Crippen molar-refractivity contribution in [3.05, 3.63) is 84.4 Å². The van der Waals surface area contributed by atoms with E-state index in [0.29, 0.717) is 23.4 Å². The minimum atomic E-state index is -0.634. The van der Waals surface area contributed by atoms with E-state index in [1.807, 2.05) is 18.2 Å². The fraction of sp³-hybridized carbons (Fsp3) is 0.158. The lowest BCUT2D eigenvalue weighted by Crippen LogP contribution is -2.23. The Labute approximate surface area is 140 Å². The van der Waals surface area contributed by atoms with Gasteiger partial charge in [0, 0.05) is 23.5 Å². The zero-order valence-electron chi connectivity index (χ0n) is 13.1. The van der Waals surface area contributed by atoms with E-state index in [2.05, 4.69) is 4.98 Å². The molecule has 3 rings (SSSR count). The molecule has 24 heavy (non-hydrogen) atoms. The first-order chi connectivity index (χ1) is 11.7. The maximum absolute atomic E-state index is 12.3. The lowest BCUT2D eigenvalue weighted by atomic mass is 10.0. The molecule has 3 aromatic rings. The van der Waals surface area contributed by atoms with E-state index in [1.54, 1.807) is 59.7 Å². The van der Waals surface area contributed by atoms with Crippen LogP contribution >= 0.6 is 0 Å². The molecule has 5 heteroatoms. The summed E-state index contributed by atoms with van der Waals surface area (Å²) in [6.07, 6.45) is 4.46. The molecule has 0 aliphatic rings. The van der Waals surface area contributed by atoms with Crippen LogP contribution in [0.1, 0.15) is 15.9 Å². The van der Waals surface area contributed by atoms with Crippen molar-refractivity contribution in [2.24, 2.45) is 0 Å². The number of rotatable bonds is 7. The quantitative estimate of drug-likeness (QED) is 0.679. The van der Waals surface area contributed by atoms with Crippen LogP contribution in [0.25, 0.3) is 0 Å². The Balaban J connectivity index is 1.55. The standard InChI is InChI=1S/C19H18N2O3/c22-17(12-21-11-10-20-14-21)13-24-18-8-6-16(7-9-18)19(23)15-4-2-1-3-5-15/h1-11,14,17,22H,12-13H2/t17-/m1/s1. The molecule has 0 fully saturated rings. The summed E-state index contributed by atoms with van der Waals surface area (Å²) in [5.41, 5.74) is 1.26. The van der Waals surface area contributed by atoms with Gasteiger partial charge in [-0.3, -0.25) is 4.79 Å². The minimum absolute atomic E-state index is 0.0257. The van der Waals surface area contributed by atoms with Crippen LogP contribution in [0.4, 0.5) is 0 Å². The Bertz CT molecular complexity index is 768. The van der Waals surface area contributed by atoms with Gasteiger partial charge in [-0.15, -0.1) is 0 Å². The largest absolute Gasteiger partial charge is 0.491 e. The van der Waals surface area contributed by atoms with Crippen LogP contribution in [0.3, 0.4) is 0 Å². The number of ketones is 1. The molecule has 1 atom stereocenters. The first-order valence-corrected chi connectivity index (χ1v) is 7.69. The molecule has 0 spiro atoms. The van der Waals surface area contributed by atoms with Gasteiger partial charge in [-0.05, 0) is 24.3 Å². The summed E-state index contributed by atoms with van der Waals surface area (Å²) >= 11 is 0. The average molecular weight is 322 g/mol. The average Bonchev–Trinajstić information content (AvgIpc) is 3.13. The number of aliphatic hydroxyl groups excluding tert-OH is 1. The second-order valence-electron chi connectivity index (χ2n) is 5.44.